The van der Waals surface area contributed by atoms with Crippen molar-refractivity contribution in [3.05, 3.63) is 12.4 Å². The van der Waals surface area contributed by atoms with E-state index < -0.39 is 6.03 Å². The maximum absolute atomic E-state index is 9.48. The normalized spacial score (nSPS) is 7.30. The van der Waals surface area contributed by atoms with Gasteiger partial charge in [0, 0.05) is 13.2 Å². The fraction of sp³-hybridized carbons (Fsp3) is 0.250. The Hall–Kier alpha value is -1.59. The summed E-state index contributed by atoms with van der Waals surface area (Å²) < 4.78 is 0. The molecule has 0 saturated heterocycles. The van der Waals surface area contributed by atoms with Crippen molar-refractivity contribution in [1.29, 1.82) is 0 Å². The zero-order chi connectivity index (χ0) is 7.82. The molecule has 1 aromatic heterocycles. The van der Waals surface area contributed by atoms with Gasteiger partial charge in [0.1, 0.15) is 0 Å². The topological polar surface area (TPSA) is 96.7 Å². The van der Waals surface area contributed by atoms with E-state index in [1.807, 2.05) is 0 Å². The number of aromatic nitrogens is 3. The Morgan fingerprint density at radius 2 is 2.40 bits per heavy atom. The number of aromatic amines is 1. The van der Waals surface area contributed by atoms with Crippen molar-refractivity contribution in [3.8, 4) is 0 Å². The number of carbonyl (C=O) groups is 1. The van der Waals surface area contributed by atoms with Crippen LogP contribution in [0.5, 0.6) is 0 Å². The van der Waals surface area contributed by atoms with Crippen molar-refractivity contribution in [1.82, 2.24) is 20.7 Å². The summed E-state index contributed by atoms with van der Waals surface area (Å²) in [6.07, 6.45) is 3.24. The van der Waals surface area contributed by atoms with Crippen molar-refractivity contribution in [3.63, 3.8) is 0 Å². The highest BCUT2D eigenvalue weighted by Crippen LogP contribution is 1.55. The van der Waals surface area contributed by atoms with Gasteiger partial charge in [0.25, 0.3) is 0 Å². The van der Waals surface area contributed by atoms with Crippen LogP contribution in [0.15, 0.2) is 12.4 Å². The Morgan fingerprint density at radius 3 is 2.50 bits per heavy atom. The van der Waals surface area contributed by atoms with Crippen LogP contribution in [0, 0.1) is 0 Å². The predicted molar refractivity (Wildman–Crippen MR) is 35.0 cm³/mol. The van der Waals surface area contributed by atoms with Gasteiger partial charge in [-0.3, -0.25) is 5.10 Å². The molecule has 1 rings (SSSR count). The minimum absolute atomic E-state index is 0.495. The quantitative estimate of drug-likeness (QED) is 0.438. The summed E-state index contributed by atoms with van der Waals surface area (Å²) in [5, 5.41) is 11.4. The van der Waals surface area contributed by atoms with Gasteiger partial charge < -0.3 is 11.1 Å². The molecule has 6 heteroatoms. The summed E-state index contributed by atoms with van der Waals surface area (Å²) in [5.74, 6) is 0. The SMILES string of the molecule is CNC(N)=O.c1c[nH]nn1. The lowest BCUT2D eigenvalue weighted by Crippen LogP contribution is -2.24. The number of nitrogens with two attached hydrogens (primary N) is 1. The largest absolute Gasteiger partial charge is 0.352 e. The first kappa shape index (κ1) is 8.41. The molecule has 0 radical (unpaired) electrons. The van der Waals surface area contributed by atoms with Crippen LogP contribution >= 0.6 is 0 Å². The number of H-pyrrole nitrogens is 1. The third-order valence-corrected chi connectivity index (χ3v) is 0.578. The lowest BCUT2D eigenvalue weighted by Gasteiger charge is -1.80. The van der Waals surface area contributed by atoms with E-state index in [-0.39, 0.29) is 0 Å². The molecule has 0 aliphatic rings. The molecule has 0 atom stereocenters. The van der Waals surface area contributed by atoms with E-state index >= 15 is 0 Å². The van der Waals surface area contributed by atoms with Crippen molar-refractivity contribution in [2.75, 3.05) is 7.05 Å². The van der Waals surface area contributed by atoms with E-state index in [9.17, 15) is 4.79 Å². The molecule has 0 fully saturated rings. The first-order valence-corrected chi connectivity index (χ1v) is 2.55. The molecule has 1 aromatic rings. The average Bonchev–Trinajstić information content (AvgIpc) is 2.43. The van der Waals surface area contributed by atoms with E-state index in [4.69, 9.17) is 0 Å². The zero-order valence-electron chi connectivity index (χ0n) is 5.53. The number of primary amides is 1. The lowest BCUT2D eigenvalue weighted by molar-refractivity contribution is 0.251. The van der Waals surface area contributed by atoms with Crippen LogP contribution in [0.4, 0.5) is 4.79 Å². The van der Waals surface area contributed by atoms with E-state index in [0.717, 1.165) is 0 Å². The number of carbonyl (C=O) groups excluding carboxylic acids is 1. The van der Waals surface area contributed by atoms with Crippen molar-refractivity contribution in [2.24, 2.45) is 5.73 Å². The molecule has 4 N–H and O–H groups in total. The first-order chi connectivity index (χ1) is 4.77. The third-order valence-electron chi connectivity index (χ3n) is 0.578. The van der Waals surface area contributed by atoms with Crippen LogP contribution in [-0.4, -0.2) is 28.5 Å². The summed E-state index contributed by atoms with van der Waals surface area (Å²) >= 11 is 0. The van der Waals surface area contributed by atoms with Gasteiger partial charge >= 0.3 is 6.03 Å². The maximum Gasteiger partial charge on any atom is 0.311 e. The predicted octanol–water partition coefficient (Wildman–Crippen LogP) is -0.911. The number of hydrogen-bond acceptors (Lipinski definition) is 3. The molecule has 56 valence electrons. The number of hydrogen-bond donors (Lipinski definition) is 3. The maximum atomic E-state index is 9.48. The van der Waals surface area contributed by atoms with Crippen LogP contribution in [-0.2, 0) is 0 Å². The van der Waals surface area contributed by atoms with Crippen LogP contribution in [0.2, 0.25) is 0 Å². The van der Waals surface area contributed by atoms with Gasteiger partial charge in [-0.15, -0.1) is 5.10 Å². The Balaban J connectivity index is 0.000000162. The average molecular weight is 143 g/mol. The van der Waals surface area contributed by atoms with E-state index in [1.165, 1.54) is 7.05 Å². The number of nitrogens with zero attached hydrogens (tertiary/aromatic N) is 2. The standard InChI is InChI=1S/C2H3N3.C2H6N2O/c1-2-4-5-3-1;1-4-2(3)5/h1-2H,(H,3,4,5);1H3,(H3,3,4,5). The van der Waals surface area contributed by atoms with Crippen LogP contribution in [0.25, 0.3) is 0 Å². The monoisotopic (exact) mass is 143 g/mol. The van der Waals surface area contributed by atoms with Gasteiger partial charge in [0.2, 0.25) is 0 Å². The summed E-state index contributed by atoms with van der Waals surface area (Å²) in [7, 11) is 1.47. The van der Waals surface area contributed by atoms with Gasteiger partial charge in [-0.05, 0) is 0 Å². The Bertz CT molecular complexity index is 143. The fourth-order valence-electron chi connectivity index (χ4n) is 0.167. The van der Waals surface area contributed by atoms with E-state index in [2.05, 4.69) is 26.5 Å². The van der Waals surface area contributed by atoms with Crippen molar-refractivity contribution in [2.45, 2.75) is 0 Å². The van der Waals surface area contributed by atoms with E-state index in [1.54, 1.807) is 12.4 Å². The second-order valence-electron chi connectivity index (χ2n) is 1.27. The van der Waals surface area contributed by atoms with Crippen molar-refractivity contribution < 1.29 is 4.79 Å². The number of nitrogens with one attached hydrogen (secondary N) is 2. The summed E-state index contributed by atoms with van der Waals surface area (Å²) in [6, 6.07) is -0.495. The molecule has 0 unspecified atom stereocenters. The Morgan fingerprint density at radius 1 is 1.80 bits per heavy atom. The summed E-state index contributed by atoms with van der Waals surface area (Å²) in [5.41, 5.74) is 4.54. The molecule has 0 aliphatic heterocycles. The van der Waals surface area contributed by atoms with Gasteiger partial charge in [-0.25, -0.2) is 4.79 Å². The van der Waals surface area contributed by atoms with Crippen LogP contribution in [0.1, 0.15) is 0 Å². The van der Waals surface area contributed by atoms with Crippen LogP contribution in [0.3, 0.4) is 0 Å². The minimum atomic E-state index is -0.495. The summed E-state index contributed by atoms with van der Waals surface area (Å²) in [6.45, 7) is 0. The second kappa shape index (κ2) is 5.54. The summed E-state index contributed by atoms with van der Waals surface area (Å²) in [4.78, 5) is 9.48. The Kier molecular flexibility index (Phi) is 4.66. The molecule has 0 bridgehead atoms. The van der Waals surface area contributed by atoms with Crippen LogP contribution < -0.4 is 11.1 Å². The lowest BCUT2D eigenvalue weighted by atomic mass is 11.0. The highest BCUT2D eigenvalue weighted by atomic mass is 16.2. The zero-order valence-corrected chi connectivity index (χ0v) is 5.53. The molecule has 10 heavy (non-hydrogen) atoms. The fourth-order valence-corrected chi connectivity index (χ4v) is 0.167. The third kappa shape index (κ3) is 6.41. The minimum Gasteiger partial charge on any atom is -0.352 e. The highest BCUT2D eigenvalue weighted by Gasteiger charge is 1.72. The molecule has 0 aromatic carbocycles. The molecule has 1 heterocycles. The number of amides is 2. The molecule has 0 spiro atoms. The second-order valence-corrected chi connectivity index (χ2v) is 1.27. The molecule has 6 nitrogen and oxygen atoms in total. The first-order valence-electron chi connectivity index (χ1n) is 2.55. The molecule has 2 amide bonds. The smallest absolute Gasteiger partial charge is 0.311 e. The molecular weight excluding hydrogens is 134 g/mol. The molecule has 0 aliphatic carbocycles. The number of urea groups is 1. The molecule has 0 saturated carbocycles. The van der Waals surface area contributed by atoms with Crippen molar-refractivity contribution >= 4 is 6.03 Å². The van der Waals surface area contributed by atoms with E-state index in [0.29, 0.717) is 0 Å². The highest BCUT2D eigenvalue weighted by molar-refractivity contribution is 5.71. The Labute approximate surface area is 57.8 Å². The van der Waals surface area contributed by atoms with Gasteiger partial charge in [0.15, 0.2) is 0 Å². The number of rotatable bonds is 0. The van der Waals surface area contributed by atoms with Gasteiger partial charge in [-0.1, -0.05) is 5.21 Å². The molecular formula is C4H9N5O. The van der Waals surface area contributed by atoms with Gasteiger partial charge in [-0.2, -0.15) is 0 Å². The van der Waals surface area contributed by atoms with Gasteiger partial charge in [0.05, 0.1) is 6.20 Å².